The normalized spacial score (nSPS) is 14.2. The van der Waals surface area contributed by atoms with Crippen molar-refractivity contribution in [3.63, 3.8) is 0 Å². The molecule has 0 spiro atoms. The molecular formula is C7H16N2O3S. The van der Waals surface area contributed by atoms with Crippen molar-refractivity contribution in [2.24, 2.45) is 11.8 Å². The van der Waals surface area contributed by atoms with E-state index >= 15 is 0 Å². The highest BCUT2D eigenvalue weighted by Crippen LogP contribution is 2.11. The fourth-order valence-electron chi connectivity index (χ4n) is 0.997. The first-order valence-corrected chi connectivity index (χ1v) is 5.93. The van der Waals surface area contributed by atoms with Gasteiger partial charge in [-0.3, -0.25) is 10.2 Å². The van der Waals surface area contributed by atoms with Gasteiger partial charge in [0, 0.05) is 6.26 Å². The molecule has 1 atom stereocenters. The predicted octanol–water partition coefficient (Wildman–Crippen LogP) is -0.564. The molecule has 0 radical (unpaired) electrons. The van der Waals surface area contributed by atoms with Crippen LogP contribution >= 0.6 is 0 Å². The van der Waals surface area contributed by atoms with E-state index in [0.29, 0.717) is 6.42 Å². The second-order valence-corrected chi connectivity index (χ2v) is 5.68. The van der Waals surface area contributed by atoms with Crippen molar-refractivity contribution >= 4 is 15.7 Å². The largest absolute Gasteiger partial charge is 0.293 e. The maximum atomic E-state index is 11.2. The Kier molecular flexibility index (Phi) is 4.35. The van der Waals surface area contributed by atoms with Gasteiger partial charge in [0.1, 0.15) is 5.25 Å². The summed E-state index contributed by atoms with van der Waals surface area (Å²) in [5.74, 6) is 4.38. The first-order valence-electron chi connectivity index (χ1n) is 3.98. The third-order valence-electron chi connectivity index (χ3n) is 1.64. The van der Waals surface area contributed by atoms with E-state index in [1.165, 1.54) is 0 Å². The number of rotatable bonds is 4. The number of amides is 1. The van der Waals surface area contributed by atoms with Crippen LogP contribution in [0.2, 0.25) is 0 Å². The van der Waals surface area contributed by atoms with Crippen LogP contribution in [0.25, 0.3) is 0 Å². The zero-order valence-corrected chi connectivity index (χ0v) is 8.89. The van der Waals surface area contributed by atoms with Crippen molar-refractivity contribution in [3.8, 4) is 0 Å². The Bertz CT molecular complexity index is 271. The number of hydrogen-bond acceptors (Lipinski definition) is 4. The number of hydrogen-bond donors (Lipinski definition) is 2. The minimum Gasteiger partial charge on any atom is -0.293 e. The Hall–Kier alpha value is -0.620. The number of nitrogens with one attached hydrogen (secondary N) is 1. The average molecular weight is 208 g/mol. The first kappa shape index (κ1) is 12.4. The van der Waals surface area contributed by atoms with Crippen LogP contribution in [0.15, 0.2) is 0 Å². The molecule has 1 amide bonds. The van der Waals surface area contributed by atoms with Gasteiger partial charge >= 0.3 is 0 Å². The van der Waals surface area contributed by atoms with Crippen molar-refractivity contribution in [2.45, 2.75) is 25.5 Å². The Labute approximate surface area is 78.6 Å². The lowest BCUT2D eigenvalue weighted by molar-refractivity contribution is -0.121. The van der Waals surface area contributed by atoms with Gasteiger partial charge in [-0.2, -0.15) is 0 Å². The van der Waals surface area contributed by atoms with E-state index in [-0.39, 0.29) is 5.92 Å². The predicted molar refractivity (Wildman–Crippen MR) is 50.4 cm³/mol. The SMILES string of the molecule is CC(C)CC(C(=O)NN)S(C)(=O)=O. The summed E-state index contributed by atoms with van der Waals surface area (Å²) in [6.07, 6.45) is 1.33. The zero-order chi connectivity index (χ0) is 10.6. The zero-order valence-electron chi connectivity index (χ0n) is 8.07. The third kappa shape index (κ3) is 4.23. The summed E-state index contributed by atoms with van der Waals surface area (Å²) in [6, 6.07) is 0. The van der Waals surface area contributed by atoms with E-state index in [9.17, 15) is 13.2 Å². The molecule has 3 N–H and O–H groups in total. The average Bonchev–Trinajstić information content (AvgIpc) is 1.96. The topological polar surface area (TPSA) is 89.3 Å². The van der Waals surface area contributed by atoms with Gasteiger partial charge in [-0.1, -0.05) is 13.8 Å². The van der Waals surface area contributed by atoms with Crippen LogP contribution in [0.1, 0.15) is 20.3 Å². The molecular weight excluding hydrogens is 192 g/mol. The summed E-state index contributed by atoms with van der Waals surface area (Å²) in [7, 11) is -3.36. The second kappa shape index (κ2) is 4.57. The highest BCUT2D eigenvalue weighted by molar-refractivity contribution is 7.92. The van der Waals surface area contributed by atoms with Crippen LogP contribution in [0.4, 0.5) is 0 Å². The summed E-state index contributed by atoms with van der Waals surface area (Å²) >= 11 is 0. The molecule has 0 saturated carbocycles. The van der Waals surface area contributed by atoms with Crippen LogP contribution in [0.5, 0.6) is 0 Å². The van der Waals surface area contributed by atoms with Gasteiger partial charge in [-0.25, -0.2) is 14.3 Å². The van der Waals surface area contributed by atoms with Crippen LogP contribution in [-0.2, 0) is 14.6 Å². The van der Waals surface area contributed by atoms with E-state index in [4.69, 9.17) is 5.84 Å². The van der Waals surface area contributed by atoms with Gasteiger partial charge in [0.2, 0.25) is 0 Å². The summed E-state index contributed by atoms with van der Waals surface area (Å²) in [6.45, 7) is 3.70. The fourth-order valence-corrected chi connectivity index (χ4v) is 2.19. The fraction of sp³-hybridized carbons (Fsp3) is 0.857. The number of carbonyl (C=O) groups excluding carboxylic acids is 1. The maximum Gasteiger partial charge on any atom is 0.252 e. The van der Waals surface area contributed by atoms with E-state index in [0.717, 1.165) is 6.26 Å². The molecule has 0 aromatic carbocycles. The molecule has 1 unspecified atom stereocenters. The lowest BCUT2D eigenvalue weighted by Gasteiger charge is -2.14. The summed E-state index contributed by atoms with van der Waals surface area (Å²) in [5, 5.41) is -1.03. The van der Waals surface area contributed by atoms with Crippen LogP contribution in [0, 0.1) is 5.92 Å². The number of nitrogens with two attached hydrogens (primary N) is 1. The van der Waals surface area contributed by atoms with Crippen LogP contribution in [0.3, 0.4) is 0 Å². The molecule has 0 aliphatic carbocycles. The standard InChI is InChI=1S/C7H16N2O3S/c1-5(2)4-6(7(10)9-8)13(3,11)12/h5-6H,4,8H2,1-3H3,(H,9,10). The molecule has 0 fully saturated rings. The molecule has 0 rings (SSSR count). The minimum absolute atomic E-state index is 0.136. The molecule has 0 aliphatic rings. The minimum atomic E-state index is -3.36. The van der Waals surface area contributed by atoms with Crippen molar-refractivity contribution in [1.82, 2.24) is 5.43 Å². The van der Waals surface area contributed by atoms with Crippen LogP contribution < -0.4 is 11.3 Å². The molecule has 0 bridgehead atoms. The lowest BCUT2D eigenvalue weighted by atomic mass is 10.1. The van der Waals surface area contributed by atoms with Crippen molar-refractivity contribution in [1.29, 1.82) is 0 Å². The molecule has 78 valence electrons. The van der Waals surface area contributed by atoms with Gasteiger partial charge in [0.25, 0.3) is 5.91 Å². The van der Waals surface area contributed by atoms with Crippen LogP contribution in [-0.4, -0.2) is 25.8 Å². The maximum absolute atomic E-state index is 11.2. The molecule has 13 heavy (non-hydrogen) atoms. The van der Waals surface area contributed by atoms with Gasteiger partial charge in [0.05, 0.1) is 0 Å². The Morgan fingerprint density at radius 3 is 2.15 bits per heavy atom. The van der Waals surface area contributed by atoms with E-state index < -0.39 is 21.0 Å². The second-order valence-electron chi connectivity index (χ2n) is 3.46. The molecule has 0 saturated heterocycles. The summed E-state index contributed by atoms with van der Waals surface area (Å²) < 4.78 is 22.3. The van der Waals surface area contributed by atoms with Crippen molar-refractivity contribution in [3.05, 3.63) is 0 Å². The number of carbonyl (C=O) groups is 1. The number of hydrazine groups is 1. The molecule has 0 aromatic heterocycles. The molecule has 6 heteroatoms. The monoisotopic (exact) mass is 208 g/mol. The summed E-state index contributed by atoms with van der Waals surface area (Å²) in [5.41, 5.74) is 1.86. The molecule has 0 heterocycles. The Morgan fingerprint density at radius 2 is 1.92 bits per heavy atom. The molecule has 0 aromatic rings. The van der Waals surface area contributed by atoms with E-state index in [1.807, 2.05) is 19.3 Å². The van der Waals surface area contributed by atoms with Crippen molar-refractivity contribution < 1.29 is 13.2 Å². The third-order valence-corrected chi connectivity index (χ3v) is 3.08. The Morgan fingerprint density at radius 1 is 1.46 bits per heavy atom. The van der Waals surface area contributed by atoms with Crippen molar-refractivity contribution in [2.75, 3.05) is 6.26 Å². The van der Waals surface area contributed by atoms with Gasteiger partial charge in [-0.15, -0.1) is 0 Å². The lowest BCUT2D eigenvalue weighted by Crippen LogP contribution is -2.43. The highest BCUT2D eigenvalue weighted by Gasteiger charge is 2.28. The Balaban J connectivity index is 4.67. The van der Waals surface area contributed by atoms with Gasteiger partial charge in [0.15, 0.2) is 9.84 Å². The van der Waals surface area contributed by atoms with E-state index in [2.05, 4.69) is 0 Å². The van der Waals surface area contributed by atoms with E-state index in [1.54, 1.807) is 0 Å². The number of sulfone groups is 1. The first-order chi connectivity index (χ1) is 5.79. The van der Waals surface area contributed by atoms with Gasteiger partial charge < -0.3 is 0 Å². The smallest absolute Gasteiger partial charge is 0.252 e. The quantitative estimate of drug-likeness (QED) is 0.368. The highest BCUT2D eigenvalue weighted by atomic mass is 32.2. The molecule has 5 nitrogen and oxygen atoms in total. The summed E-state index contributed by atoms with van der Waals surface area (Å²) in [4.78, 5) is 11.1. The van der Waals surface area contributed by atoms with Gasteiger partial charge in [-0.05, 0) is 12.3 Å². The molecule has 0 aliphatic heterocycles.